The van der Waals surface area contributed by atoms with Crippen molar-refractivity contribution in [2.24, 2.45) is 0 Å². The summed E-state index contributed by atoms with van der Waals surface area (Å²) >= 11 is 1.56. The van der Waals surface area contributed by atoms with Crippen LogP contribution in [0.2, 0.25) is 0 Å². The fourth-order valence-corrected chi connectivity index (χ4v) is 4.35. The maximum absolute atomic E-state index is 13.4. The molecule has 4 aromatic rings. The molecule has 0 N–H and O–H groups in total. The number of benzene rings is 3. The fourth-order valence-electron chi connectivity index (χ4n) is 3.39. The number of thioether (sulfide) groups is 1. The standard InChI is InChI=1S/C24H22N2O2S/c1-16-12-17(2)14-19(13-16)26-23(27)21-6-4-5-7-22(21)25-24(26)29-15-18-8-10-20(28-3)11-9-18/h4-14H,15H2,1-3H3. The van der Waals surface area contributed by atoms with Gasteiger partial charge in [-0.3, -0.25) is 9.36 Å². The van der Waals surface area contributed by atoms with Gasteiger partial charge in [-0.2, -0.15) is 0 Å². The minimum Gasteiger partial charge on any atom is -0.497 e. The first-order valence-electron chi connectivity index (χ1n) is 9.41. The highest BCUT2D eigenvalue weighted by molar-refractivity contribution is 7.98. The van der Waals surface area contributed by atoms with Gasteiger partial charge < -0.3 is 4.74 Å². The Morgan fingerprint density at radius 2 is 1.66 bits per heavy atom. The first-order valence-corrected chi connectivity index (χ1v) is 10.4. The third kappa shape index (κ3) is 4.05. The summed E-state index contributed by atoms with van der Waals surface area (Å²) < 4.78 is 6.96. The lowest BCUT2D eigenvalue weighted by Gasteiger charge is -2.14. The minimum atomic E-state index is -0.0437. The molecule has 4 nitrogen and oxygen atoms in total. The zero-order chi connectivity index (χ0) is 20.4. The molecule has 0 saturated heterocycles. The van der Waals surface area contributed by atoms with Gasteiger partial charge in [0.05, 0.1) is 23.7 Å². The normalized spacial score (nSPS) is 11.0. The Morgan fingerprint density at radius 3 is 2.34 bits per heavy atom. The molecule has 0 unspecified atom stereocenters. The second kappa shape index (κ2) is 8.13. The average molecular weight is 403 g/mol. The summed E-state index contributed by atoms with van der Waals surface area (Å²) in [6.07, 6.45) is 0. The van der Waals surface area contributed by atoms with Gasteiger partial charge in [0, 0.05) is 5.75 Å². The van der Waals surface area contributed by atoms with E-state index in [0.717, 1.165) is 33.6 Å². The van der Waals surface area contributed by atoms with Crippen LogP contribution in [0.5, 0.6) is 5.75 Å². The number of methoxy groups -OCH3 is 1. The van der Waals surface area contributed by atoms with Crippen molar-refractivity contribution in [3.05, 3.63) is 93.8 Å². The number of aryl methyl sites for hydroxylation is 2. The van der Waals surface area contributed by atoms with Crippen molar-refractivity contribution >= 4 is 22.7 Å². The maximum Gasteiger partial charge on any atom is 0.266 e. The number of fused-ring (bicyclic) bond motifs is 1. The molecular weight excluding hydrogens is 380 g/mol. The summed E-state index contributed by atoms with van der Waals surface area (Å²) in [7, 11) is 1.66. The van der Waals surface area contributed by atoms with Crippen LogP contribution in [0.4, 0.5) is 0 Å². The molecular formula is C24H22N2O2S. The van der Waals surface area contributed by atoms with E-state index in [9.17, 15) is 4.79 Å². The van der Waals surface area contributed by atoms with E-state index in [1.807, 2.05) is 74.5 Å². The van der Waals surface area contributed by atoms with Crippen molar-refractivity contribution in [3.8, 4) is 11.4 Å². The van der Waals surface area contributed by atoms with Gasteiger partial charge in [0.15, 0.2) is 5.16 Å². The molecule has 0 fully saturated rings. The van der Waals surface area contributed by atoms with E-state index in [-0.39, 0.29) is 5.56 Å². The van der Waals surface area contributed by atoms with Gasteiger partial charge in [-0.15, -0.1) is 0 Å². The number of para-hydroxylation sites is 1. The SMILES string of the molecule is COc1ccc(CSc2nc3ccccc3c(=O)n2-c2cc(C)cc(C)c2)cc1. The molecule has 1 aromatic heterocycles. The van der Waals surface area contributed by atoms with Crippen LogP contribution in [0.25, 0.3) is 16.6 Å². The fraction of sp³-hybridized carbons (Fsp3) is 0.167. The number of hydrogen-bond acceptors (Lipinski definition) is 4. The van der Waals surface area contributed by atoms with E-state index in [4.69, 9.17) is 9.72 Å². The highest BCUT2D eigenvalue weighted by atomic mass is 32.2. The molecule has 0 bridgehead atoms. The molecule has 0 atom stereocenters. The Labute approximate surface area is 174 Å². The average Bonchev–Trinajstić information content (AvgIpc) is 2.72. The summed E-state index contributed by atoms with van der Waals surface area (Å²) in [6.45, 7) is 4.08. The van der Waals surface area contributed by atoms with Crippen LogP contribution < -0.4 is 10.3 Å². The van der Waals surface area contributed by atoms with Gasteiger partial charge in [-0.25, -0.2) is 4.98 Å². The number of aromatic nitrogens is 2. The van der Waals surface area contributed by atoms with E-state index in [1.54, 1.807) is 23.4 Å². The Balaban J connectivity index is 1.81. The monoisotopic (exact) mass is 402 g/mol. The van der Waals surface area contributed by atoms with Crippen molar-refractivity contribution in [1.82, 2.24) is 9.55 Å². The lowest BCUT2D eigenvalue weighted by Crippen LogP contribution is -2.22. The molecule has 0 aliphatic carbocycles. The zero-order valence-electron chi connectivity index (χ0n) is 16.7. The number of hydrogen-bond donors (Lipinski definition) is 0. The number of ether oxygens (including phenoxy) is 1. The van der Waals surface area contributed by atoms with Gasteiger partial charge >= 0.3 is 0 Å². The van der Waals surface area contributed by atoms with Crippen LogP contribution in [0.1, 0.15) is 16.7 Å². The van der Waals surface area contributed by atoms with Crippen LogP contribution in [-0.4, -0.2) is 16.7 Å². The van der Waals surface area contributed by atoms with Gasteiger partial charge in [-0.05, 0) is 66.9 Å². The molecule has 4 rings (SSSR count). The molecule has 1 heterocycles. The Morgan fingerprint density at radius 1 is 0.966 bits per heavy atom. The molecule has 0 amide bonds. The molecule has 0 radical (unpaired) electrons. The van der Waals surface area contributed by atoms with Crippen LogP contribution >= 0.6 is 11.8 Å². The molecule has 0 aliphatic rings. The number of nitrogens with zero attached hydrogens (tertiary/aromatic N) is 2. The van der Waals surface area contributed by atoms with Crippen molar-refractivity contribution < 1.29 is 4.74 Å². The van der Waals surface area contributed by atoms with Crippen molar-refractivity contribution in [3.63, 3.8) is 0 Å². The lowest BCUT2D eigenvalue weighted by molar-refractivity contribution is 0.414. The summed E-state index contributed by atoms with van der Waals surface area (Å²) in [4.78, 5) is 18.2. The predicted octanol–water partition coefficient (Wildman–Crippen LogP) is 5.30. The van der Waals surface area contributed by atoms with E-state index in [2.05, 4.69) is 6.07 Å². The van der Waals surface area contributed by atoms with Crippen molar-refractivity contribution in [2.75, 3.05) is 7.11 Å². The highest BCUT2D eigenvalue weighted by Crippen LogP contribution is 2.26. The first kappa shape index (κ1) is 19.3. The number of rotatable bonds is 5. The molecule has 5 heteroatoms. The Kier molecular flexibility index (Phi) is 5.41. The van der Waals surface area contributed by atoms with Crippen LogP contribution in [0.3, 0.4) is 0 Å². The summed E-state index contributed by atoms with van der Waals surface area (Å²) in [5.74, 6) is 1.54. The van der Waals surface area contributed by atoms with Gasteiger partial charge in [0.2, 0.25) is 0 Å². The second-order valence-corrected chi connectivity index (χ2v) is 7.98. The van der Waals surface area contributed by atoms with E-state index >= 15 is 0 Å². The lowest BCUT2D eigenvalue weighted by atomic mass is 10.1. The van der Waals surface area contributed by atoms with E-state index < -0.39 is 0 Å². The minimum absolute atomic E-state index is 0.0437. The molecule has 0 spiro atoms. The second-order valence-electron chi connectivity index (χ2n) is 7.03. The quantitative estimate of drug-likeness (QED) is 0.335. The molecule has 3 aromatic carbocycles. The van der Waals surface area contributed by atoms with Crippen LogP contribution in [-0.2, 0) is 5.75 Å². The smallest absolute Gasteiger partial charge is 0.266 e. The summed E-state index contributed by atoms with van der Waals surface area (Å²) in [6, 6.07) is 21.6. The van der Waals surface area contributed by atoms with E-state index in [0.29, 0.717) is 16.3 Å². The largest absolute Gasteiger partial charge is 0.497 e. The summed E-state index contributed by atoms with van der Waals surface area (Å²) in [5.41, 5.74) is 4.90. The van der Waals surface area contributed by atoms with Gasteiger partial charge in [-0.1, -0.05) is 42.1 Å². The first-order chi connectivity index (χ1) is 14.0. The van der Waals surface area contributed by atoms with E-state index in [1.165, 1.54) is 0 Å². The topological polar surface area (TPSA) is 44.1 Å². The molecule has 0 aliphatic heterocycles. The van der Waals surface area contributed by atoms with Crippen molar-refractivity contribution in [1.29, 1.82) is 0 Å². The highest BCUT2D eigenvalue weighted by Gasteiger charge is 2.14. The predicted molar refractivity (Wildman–Crippen MR) is 119 cm³/mol. The zero-order valence-corrected chi connectivity index (χ0v) is 17.5. The van der Waals surface area contributed by atoms with Crippen molar-refractivity contribution in [2.45, 2.75) is 24.8 Å². The third-order valence-electron chi connectivity index (χ3n) is 4.74. The van der Waals surface area contributed by atoms with Gasteiger partial charge in [0.1, 0.15) is 5.75 Å². The maximum atomic E-state index is 13.4. The summed E-state index contributed by atoms with van der Waals surface area (Å²) in [5, 5.41) is 1.31. The molecule has 146 valence electrons. The van der Waals surface area contributed by atoms with Gasteiger partial charge in [0.25, 0.3) is 5.56 Å². The molecule has 29 heavy (non-hydrogen) atoms. The third-order valence-corrected chi connectivity index (χ3v) is 5.75. The van der Waals surface area contributed by atoms with Crippen LogP contribution in [0.15, 0.2) is 76.7 Å². The Bertz CT molecular complexity index is 1210. The molecule has 0 saturated carbocycles. The Hall–Kier alpha value is -3.05. The van der Waals surface area contributed by atoms with Crippen LogP contribution in [0, 0.1) is 13.8 Å².